The van der Waals surface area contributed by atoms with Crippen molar-refractivity contribution < 1.29 is 13.6 Å². The molecule has 17 heavy (non-hydrogen) atoms. The number of nitrogens with one attached hydrogen (secondary N) is 1. The molecule has 0 unspecified atom stereocenters. The lowest BCUT2D eigenvalue weighted by atomic mass is 10.1. The third-order valence-corrected chi connectivity index (χ3v) is 2.83. The molecule has 0 aliphatic carbocycles. The Morgan fingerprint density at radius 1 is 1.53 bits per heavy atom. The summed E-state index contributed by atoms with van der Waals surface area (Å²) in [5, 5.41) is 2.15. The molecule has 1 aromatic carbocycles. The maximum absolute atomic E-state index is 12.8. The number of alkyl halides is 2. The maximum atomic E-state index is 12.8. The fraction of sp³-hybridized carbons (Fsp3) is 0.364. The van der Waals surface area contributed by atoms with Gasteiger partial charge in [0, 0.05) is 4.47 Å². The number of rotatable bonds is 4. The Morgan fingerprint density at radius 2 is 2.18 bits per heavy atom. The second kappa shape index (κ2) is 5.55. The zero-order chi connectivity index (χ0) is 13.1. The summed E-state index contributed by atoms with van der Waals surface area (Å²) in [5.74, 6) is -3.63. The van der Waals surface area contributed by atoms with Crippen LogP contribution < -0.4 is 11.1 Å². The van der Waals surface area contributed by atoms with Crippen molar-refractivity contribution >= 4 is 21.8 Å². The van der Waals surface area contributed by atoms with Crippen LogP contribution in [0.4, 0.5) is 8.78 Å². The van der Waals surface area contributed by atoms with Crippen LogP contribution in [0.15, 0.2) is 22.7 Å². The van der Waals surface area contributed by atoms with Gasteiger partial charge in [-0.1, -0.05) is 6.07 Å². The van der Waals surface area contributed by atoms with E-state index in [0.717, 1.165) is 5.56 Å². The van der Waals surface area contributed by atoms with Crippen molar-refractivity contribution in [1.82, 2.24) is 5.32 Å². The van der Waals surface area contributed by atoms with Gasteiger partial charge in [0.15, 0.2) is 0 Å². The first kappa shape index (κ1) is 14.1. The van der Waals surface area contributed by atoms with Crippen LogP contribution in [0.1, 0.15) is 15.9 Å². The Kier molecular flexibility index (Phi) is 4.59. The van der Waals surface area contributed by atoms with E-state index in [2.05, 4.69) is 21.2 Å². The third-order valence-electron chi connectivity index (χ3n) is 2.18. The van der Waals surface area contributed by atoms with Crippen LogP contribution in [-0.2, 0) is 0 Å². The summed E-state index contributed by atoms with van der Waals surface area (Å²) in [7, 11) is 0. The van der Waals surface area contributed by atoms with Crippen molar-refractivity contribution in [2.75, 3.05) is 13.1 Å². The molecule has 0 atom stereocenters. The molecule has 3 nitrogen and oxygen atoms in total. The summed E-state index contributed by atoms with van der Waals surface area (Å²) in [4.78, 5) is 11.6. The first-order valence-corrected chi connectivity index (χ1v) is 5.77. The van der Waals surface area contributed by atoms with Gasteiger partial charge in [-0.3, -0.25) is 4.79 Å². The molecular weight excluding hydrogens is 294 g/mol. The average molecular weight is 307 g/mol. The summed E-state index contributed by atoms with van der Waals surface area (Å²) < 4.78 is 26.3. The van der Waals surface area contributed by atoms with Crippen LogP contribution in [0.2, 0.25) is 0 Å². The normalized spacial score (nSPS) is 11.4. The van der Waals surface area contributed by atoms with Crippen molar-refractivity contribution in [3.63, 3.8) is 0 Å². The molecule has 0 heterocycles. The molecule has 0 aliphatic rings. The van der Waals surface area contributed by atoms with E-state index in [0.29, 0.717) is 10.0 Å². The zero-order valence-corrected chi connectivity index (χ0v) is 10.9. The summed E-state index contributed by atoms with van der Waals surface area (Å²) in [6.07, 6.45) is 0. The highest BCUT2D eigenvalue weighted by atomic mass is 79.9. The molecule has 94 valence electrons. The molecule has 0 spiro atoms. The highest BCUT2D eigenvalue weighted by Gasteiger charge is 2.27. The van der Waals surface area contributed by atoms with E-state index >= 15 is 0 Å². The van der Waals surface area contributed by atoms with E-state index in [9.17, 15) is 13.6 Å². The Balaban J connectivity index is 2.71. The predicted molar refractivity (Wildman–Crippen MR) is 65.2 cm³/mol. The van der Waals surface area contributed by atoms with E-state index in [1.165, 1.54) is 0 Å². The van der Waals surface area contributed by atoms with Crippen LogP contribution >= 0.6 is 15.9 Å². The third kappa shape index (κ3) is 4.05. The van der Waals surface area contributed by atoms with Crippen LogP contribution in [0, 0.1) is 6.92 Å². The smallest absolute Gasteiger partial charge is 0.277 e. The molecule has 0 aromatic heterocycles. The van der Waals surface area contributed by atoms with Gasteiger partial charge in [0.25, 0.3) is 11.8 Å². The number of amides is 1. The van der Waals surface area contributed by atoms with Gasteiger partial charge in [-0.15, -0.1) is 0 Å². The average Bonchev–Trinajstić information content (AvgIpc) is 2.26. The molecule has 3 N–H and O–H groups in total. The maximum Gasteiger partial charge on any atom is 0.277 e. The molecule has 0 aliphatic heterocycles. The van der Waals surface area contributed by atoms with Gasteiger partial charge < -0.3 is 11.1 Å². The minimum absolute atomic E-state index is 0.323. The number of hydrogen-bond donors (Lipinski definition) is 2. The molecule has 1 rings (SSSR count). The lowest BCUT2D eigenvalue weighted by Crippen LogP contribution is -2.41. The lowest BCUT2D eigenvalue weighted by Gasteiger charge is -2.15. The van der Waals surface area contributed by atoms with Crippen LogP contribution in [0.5, 0.6) is 0 Å². The number of halogens is 3. The van der Waals surface area contributed by atoms with Crippen molar-refractivity contribution in [2.24, 2.45) is 5.73 Å². The summed E-state index contributed by atoms with van der Waals surface area (Å²) >= 11 is 3.21. The molecule has 6 heteroatoms. The molecule has 0 saturated heterocycles. The second-order valence-corrected chi connectivity index (χ2v) is 4.58. The zero-order valence-electron chi connectivity index (χ0n) is 9.27. The van der Waals surface area contributed by atoms with Gasteiger partial charge in [0.1, 0.15) is 0 Å². The minimum Gasteiger partial charge on any atom is -0.346 e. The van der Waals surface area contributed by atoms with Crippen molar-refractivity contribution in [3.8, 4) is 0 Å². The SMILES string of the molecule is Cc1ccc(C(=O)NCC(F)(F)CN)c(Br)c1. The molecule has 0 radical (unpaired) electrons. The van der Waals surface area contributed by atoms with Gasteiger partial charge in [0.2, 0.25) is 0 Å². The van der Waals surface area contributed by atoms with Crippen molar-refractivity contribution in [2.45, 2.75) is 12.8 Å². The quantitative estimate of drug-likeness (QED) is 0.895. The molecule has 1 amide bonds. The first-order valence-electron chi connectivity index (χ1n) is 4.98. The summed E-state index contributed by atoms with van der Waals surface area (Å²) in [6, 6.07) is 5.06. The molecule has 0 saturated carbocycles. The number of aryl methyl sites for hydroxylation is 1. The fourth-order valence-corrected chi connectivity index (χ4v) is 1.85. The summed E-state index contributed by atoms with van der Waals surface area (Å²) in [6.45, 7) is 0.319. The van der Waals surface area contributed by atoms with Crippen molar-refractivity contribution in [3.05, 3.63) is 33.8 Å². The van der Waals surface area contributed by atoms with E-state index in [-0.39, 0.29) is 0 Å². The van der Waals surface area contributed by atoms with E-state index in [1.54, 1.807) is 18.2 Å². The number of carbonyl (C=O) groups is 1. The van der Waals surface area contributed by atoms with Gasteiger partial charge in [-0.25, -0.2) is 8.78 Å². The minimum atomic E-state index is -3.08. The molecule has 0 bridgehead atoms. The molecular formula is C11H13BrF2N2O. The Morgan fingerprint density at radius 3 is 2.71 bits per heavy atom. The molecule has 0 fully saturated rings. The number of carbonyl (C=O) groups excluding carboxylic acids is 1. The largest absolute Gasteiger partial charge is 0.346 e. The van der Waals surface area contributed by atoms with E-state index in [4.69, 9.17) is 5.73 Å². The highest BCUT2D eigenvalue weighted by molar-refractivity contribution is 9.10. The van der Waals surface area contributed by atoms with Gasteiger partial charge in [-0.05, 0) is 40.5 Å². The van der Waals surface area contributed by atoms with Crippen LogP contribution in [0.25, 0.3) is 0 Å². The molecule has 1 aromatic rings. The van der Waals surface area contributed by atoms with Crippen molar-refractivity contribution in [1.29, 1.82) is 0 Å². The van der Waals surface area contributed by atoms with Crippen LogP contribution in [-0.4, -0.2) is 24.9 Å². The first-order chi connectivity index (χ1) is 7.85. The Hall–Kier alpha value is -1.01. The highest BCUT2D eigenvalue weighted by Crippen LogP contribution is 2.18. The topological polar surface area (TPSA) is 55.1 Å². The Bertz CT molecular complexity index is 424. The van der Waals surface area contributed by atoms with E-state index < -0.39 is 24.9 Å². The van der Waals surface area contributed by atoms with Crippen LogP contribution in [0.3, 0.4) is 0 Å². The summed E-state index contributed by atoms with van der Waals surface area (Å²) in [5.41, 5.74) is 6.17. The van der Waals surface area contributed by atoms with Gasteiger partial charge in [-0.2, -0.15) is 0 Å². The number of benzene rings is 1. The Labute approximate surface area is 107 Å². The van der Waals surface area contributed by atoms with Gasteiger partial charge in [0.05, 0.1) is 18.7 Å². The number of nitrogens with two attached hydrogens (primary N) is 1. The number of hydrogen-bond acceptors (Lipinski definition) is 2. The standard InChI is InChI=1S/C11H13BrF2N2O/c1-7-2-3-8(9(12)4-7)10(17)16-6-11(13,14)5-15/h2-4H,5-6,15H2,1H3,(H,16,17). The monoisotopic (exact) mass is 306 g/mol. The predicted octanol–water partition coefficient (Wildman–Crippen LogP) is 2.08. The second-order valence-electron chi connectivity index (χ2n) is 3.73. The lowest BCUT2D eigenvalue weighted by molar-refractivity contribution is 0.0118. The van der Waals surface area contributed by atoms with E-state index in [1.807, 2.05) is 6.92 Å². The van der Waals surface area contributed by atoms with Gasteiger partial charge >= 0.3 is 0 Å². The fourth-order valence-electron chi connectivity index (χ4n) is 1.18.